The zero-order chi connectivity index (χ0) is 16.8. The highest BCUT2D eigenvalue weighted by Gasteiger charge is 2.21. The molecule has 1 aliphatic heterocycles. The van der Waals surface area contributed by atoms with Gasteiger partial charge < -0.3 is 19.7 Å². The van der Waals surface area contributed by atoms with Gasteiger partial charge in [-0.25, -0.2) is 0 Å². The highest BCUT2D eigenvalue weighted by atomic mass is 16.5. The second-order valence-corrected chi connectivity index (χ2v) is 6.07. The Kier molecular flexibility index (Phi) is 5.90. The molecule has 0 spiro atoms. The van der Waals surface area contributed by atoms with Crippen LogP contribution in [0.1, 0.15) is 26.7 Å². The molecule has 1 fully saturated rings. The maximum atomic E-state index is 12.0. The molecular weight excluding hydrogens is 292 g/mol. The number of ether oxygens (including phenoxy) is 2. The van der Waals surface area contributed by atoms with Crippen molar-refractivity contribution in [2.75, 3.05) is 32.6 Å². The summed E-state index contributed by atoms with van der Waals surface area (Å²) in [5, 5.41) is 3.52. The second-order valence-electron chi connectivity index (χ2n) is 6.07. The van der Waals surface area contributed by atoms with Gasteiger partial charge in [0, 0.05) is 49.1 Å². The third-order valence-corrected chi connectivity index (χ3v) is 3.94. The van der Waals surface area contributed by atoms with E-state index in [0.717, 1.165) is 48.7 Å². The summed E-state index contributed by atoms with van der Waals surface area (Å²) >= 11 is 0. The minimum atomic E-state index is 0.117. The van der Waals surface area contributed by atoms with E-state index in [0.29, 0.717) is 6.04 Å². The van der Waals surface area contributed by atoms with E-state index in [-0.39, 0.29) is 5.91 Å². The first-order chi connectivity index (χ1) is 11.0. The van der Waals surface area contributed by atoms with Crippen LogP contribution in [0.5, 0.6) is 11.5 Å². The van der Waals surface area contributed by atoms with E-state index in [2.05, 4.69) is 5.32 Å². The van der Waals surface area contributed by atoms with Crippen molar-refractivity contribution in [3.8, 4) is 11.5 Å². The Morgan fingerprint density at radius 1 is 1.13 bits per heavy atom. The van der Waals surface area contributed by atoms with Crippen LogP contribution in [0.3, 0.4) is 0 Å². The van der Waals surface area contributed by atoms with Gasteiger partial charge in [-0.05, 0) is 26.7 Å². The van der Waals surface area contributed by atoms with E-state index in [1.807, 2.05) is 36.9 Å². The summed E-state index contributed by atoms with van der Waals surface area (Å²) in [5.41, 5.74) is 2.02. The largest absolute Gasteiger partial charge is 0.497 e. The summed E-state index contributed by atoms with van der Waals surface area (Å²) in [6, 6.07) is 6.13. The standard InChI is InChI=1S/C18H26N2O3/c1-13(2)9-18(21)20-7-5-14(6-8-20)19-15-10-16(22-3)12-17(11-15)23-4/h9-12,14,19H,5-8H2,1-4H3. The van der Waals surface area contributed by atoms with Gasteiger partial charge in [0.2, 0.25) is 5.91 Å². The van der Waals surface area contributed by atoms with Crippen LogP contribution < -0.4 is 14.8 Å². The van der Waals surface area contributed by atoms with E-state index in [4.69, 9.17) is 9.47 Å². The molecule has 5 nitrogen and oxygen atoms in total. The monoisotopic (exact) mass is 318 g/mol. The lowest BCUT2D eigenvalue weighted by Gasteiger charge is -2.32. The fourth-order valence-electron chi connectivity index (χ4n) is 2.71. The summed E-state index contributed by atoms with van der Waals surface area (Å²) in [4.78, 5) is 14.0. The molecule has 1 aromatic rings. The Morgan fingerprint density at radius 2 is 1.70 bits per heavy atom. The van der Waals surface area contributed by atoms with Gasteiger partial charge in [0.05, 0.1) is 14.2 Å². The molecule has 2 rings (SSSR count). The van der Waals surface area contributed by atoms with Crippen LogP contribution in [-0.2, 0) is 4.79 Å². The maximum absolute atomic E-state index is 12.0. The molecule has 1 aliphatic rings. The van der Waals surface area contributed by atoms with Gasteiger partial charge in [0.15, 0.2) is 0 Å². The molecule has 0 aromatic heterocycles. The summed E-state index contributed by atoms with van der Waals surface area (Å²) in [7, 11) is 3.29. The Hall–Kier alpha value is -2.17. The van der Waals surface area contributed by atoms with Crippen LogP contribution in [0, 0.1) is 0 Å². The first kappa shape index (κ1) is 17.2. The Labute approximate surface area is 138 Å². The number of hydrogen-bond donors (Lipinski definition) is 1. The zero-order valence-electron chi connectivity index (χ0n) is 14.4. The number of allylic oxidation sites excluding steroid dienone is 1. The Morgan fingerprint density at radius 3 is 2.17 bits per heavy atom. The van der Waals surface area contributed by atoms with Gasteiger partial charge in [-0.1, -0.05) is 5.57 Å². The number of methoxy groups -OCH3 is 2. The van der Waals surface area contributed by atoms with Crippen molar-refractivity contribution in [2.45, 2.75) is 32.7 Å². The maximum Gasteiger partial charge on any atom is 0.246 e. The predicted molar refractivity (Wildman–Crippen MR) is 92.2 cm³/mol. The van der Waals surface area contributed by atoms with Crippen molar-refractivity contribution >= 4 is 11.6 Å². The molecule has 23 heavy (non-hydrogen) atoms. The van der Waals surface area contributed by atoms with Crippen molar-refractivity contribution in [1.82, 2.24) is 4.90 Å². The van der Waals surface area contributed by atoms with E-state index in [1.165, 1.54) is 0 Å². The number of rotatable bonds is 5. The number of piperidine rings is 1. The van der Waals surface area contributed by atoms with Gasteiger partial charge in [0.1, 0.15) is 11.5 Å². The molecule has 5 heteroatoms. The number of anilines is 1. The summed E-state index contributed by atoms with van der Waals surface area (Å²) in [6.07, 6.45) is 3.57. The average Bonchev–Trinajstić information content (AvgIpc) is 2.54. The van der Waals surface area contributed by atoms with Crippen molar-refractivity contribution < 1.29 is 14.3 Å². The molecule has 0 unspecified atom stereocenters. The van der Waals surface area contributed by atoms with E-state index >= 15 is 0 Å². The lowest BCUT2D eigenvalue weighted by molar-refractivity contribution is -0.126. The lowest BCUT2D eigenvalue weighted by atomic mass is 10.0. The number of likely N-dealkylation sites (tertiary alicyclic amines) is 1. The number of carbonyl (C=O) groups excluding carboxylic acids is 1. The smallest absolute Gasteiger partial charge is 0.246 e. The van der Waals surface area contributed by atoms with E-state index < -0.39 is 0 Å². The summed E-state index contributed by atoms with van der Waals surface area (Å²) in [5.74, 6) is 1.65. The zero-order valence-corrected chi connectivity index (χ0v) is 14.4. The molecule has 1 N–H and O–H groups in total. The number of nitrogens with zero attached hydrogens (tertiary/aromatic N) is 1. The number of benzene rings is 1. The molecule has 0 atom stereocenters. The molecule has 1 amide bonds. The molecule has 1 heterocycles. The van der Waals surface area contributed by atoms with Crippen LogP contribution in [0.25, 0.3) is 0 Å². The Balaban J connectivity index is 1.94. The van der Waals surface area contributed by atoms with E-state index in [1.54, 1.807) is 20.3 Å². The van der Waals surface area contributed by atoms with Gasteiger partial charge in [0.25, 0.3) is 0 Å². The quantitative estimate of drug-likeness (QED) is 0.848. The minimum Gasteiger partial charge on any atom is -0.497 e. The SMILES string of the molecule is COc1cc(NC2CCN(C(=O)C=C(C)C)CC2)cc(OC)c1. The highest BCUT2D eigenvalue weighted by molar-refractivity contribution is 5.88. The van der Waals surface area contributed by atoms with Gasteiger partial charge >= 0.3 is 0 Å². The van der Waals surface area contributed by atoms with Crippen molar-refractivity contribution in [1.29, 1.82) is 0 Å². The first-order valence-corrected chi connectivity index (χ1v) is 7.95. The van der Waals surface area contributed by atoms with Gasteiger partial charge in [-0.15, -0.1) is 0 Å². The third-order valence-electron chi connectivity index (χ3n) is 3.94. The number of hydrogen-bond acceptors (Lipinski definition) is 4. The van der Waals surface area contributed by atoms with E-state index in [9.17, 15) is 4.79 Å². The van der Waals surface area contributed by atoms with Crippen molar-refractivity contribution in [3.63, 3.8) is 0 Å². The fraction of sp³-hybridized carbons (Fsp3) is 0.500. The molecule has 0 radical (unpaired) electrons. The second kappa shape index (κ2) is 7.90. The van der Waals surface area contributed by atoms with Gasteiger partial charge in [-0.3, -0.25) is 4.79 Å². The number of nitrogens with one attached hydrogen (secondary N) is 1. The van der Waals surface area contributed by atoms with Crippen LogP contribution >= 0.6 is 0 Å². The summed E-state index contributed by atoms with van der Waals surface area (Å²) in [6.45, 7) is 5.45. The molecule has 0 aliphatic carbocycles. The van der Waals surface area contributed by atoms with Crippen LogP contribution in [-0.4, -0.2) is 44.2 Å². The molecule has 0 bridgehead atoms. The first-order valence-electron chi connectivity index (χ1n) is 7.95. The topological polar surface area (TPSA) is 50.8 Å². The number of amides is 1. The van der Waals surface area contributed by atoms with Crippen LogP contribution in [0.4, 0.5) is 5.69 Å². The third kappa shape index (κ3) is 4.91. The fourth-order valence-corrected chi connectivity index (χ4v) is 2.71. The van der Waals surface area contributed by atoms with Crippen molar-refractivity contribution in [2.24, 2.45) is 0 Å². The van der Waals surface area contributed by atoms with Gasteiger partial charge in [-0.2, -0.15) is 0 Å². The predicted octanol–water partition coefficient (Wildman–Crippen LogP) is 3.07. The molecule has 1 aromatic carbocycles. The number of carbonyl (C=O) groups is 1. The van der Waals surface area contributed by atoms with Crippen molar-refractivity contribution in [3.05, 3.63) is 29.8 Å². The summed E-state index contributed by atoms with van der Waals surface area (Å²) < 4.78 is 10.6. The van der Waals surface area contributed by atoms with Crippen LogP contribution in [0.2, 0.25) is 0 Å². The Bertz CT molecular complexity index is 549. The lowest BCUT2D eigenvalue weighted by Crippen LogP contribution is -2.41. The minimum absolute atomic E-state index is 0.117. The molecule has 0 saturated carbocycles. The molecule has 1 saturated heterocycles. The molecule has 126 valence electrons. The molecular formula is C18H26N2O3. The normalized spacial score (nSPS) is 15.0. The van der Waals surface area contributed by atoms with Crippen LogP contribution in [0.15, 0.2) is 29.8 Å². The highest BCUT2D eigenvalue weighted by Crippen LogP contribution is 2.27. The average molecular weight is 318 g/mol.